The minimum absolute atomic E-state index is 0.0136. The quantitative estimate of drug-likeness (QED) is 0.800. The molecule has 2 rings (SSSR count). The summed E-state index contributed by atoms with van der Waals surface area (Å²) >= 11 is 0. The van der Waals surface area contributed by atoms with Crippen LogP contribution in [0.1, 0.15) is 15.9 Å². The molecule has 8 heteroatoms. The summed E-state index contributed by atoms with van der Waals surface area (Å²) in [5, 5.41) is 2.60. The summed E-state index contributed by atoms with van der Waals surface area (Å²) in [5.74, 6) is -0.577. The Balaban J connectivity index is 2.15. The Kier molecular flexibility index (Phi) is 6.20. The number of sulfonamides is 1. The first kappa shape index (κ1) is 19.7. The van der Waals surface area contributed by atoms with Crippen molar-refractivity contribution in [2.24, 2.45) is 0 Å². The predicted octanol–water partition coefficient (Wildman–Crippen LogP) is 2.34. The van der Waals surface area contributed by atoms with Crippen molar-refractivity contribution >= 4 is 21.6 Å². The van der Waals surface area contributed by atoms with E-state index in [2.05, 4.69) is 5.32 Å². The van der Waals surface area contributed by atoms with Crippen LogP contribution in [0.25, 0.3) is 0 Å². The molecular weight excluding hydrogens is 359 g/mol. The zero-order chi connectivity index (χ0) is 19.3. The highest BCUT2D eigenvalue weighted by Gasteiger charge is 2.21. The molecule has 0 radical (unpaired) electrons. The van der Waals surface area contributed by atoms with Crippen LogP contribution >= 0.6 is 0 Å². The molecule has 2 aromatic carbocycles. The van der Waals surface area contributed by atoms with E-state index in [-0.39, 0.29) is 18.7 Å². The Labute approximate surface area is 152 Å². The van der Waals surface area contributed by atoms with Crippen LogP contribution in [0, 0.1) is 12.7 Å². The van der Waals surface area contributed by atoms with Crippen LogP contribution in [0.3, 0.4) is 0 Å². The van der Waals surface area contributed by atoms with Crippen molar-refractivity contribution in [3.63, 3.8) is 0 Å². The summed E-state index contributed by atoms with van der Waals surface area (Å²) in [7, 11) is -2.14. The second kappa shape index (κ2) is 8.18. The molecule has 0 unspecified atom stereocenters. The van der Waals surface area contributed by atoms with Gasteiger partial charge in [-0.25, -0.2) is 12.8 Å². The molecule has 0 bridgehead atoms. The molecule has 0 heterocycles. The molecule has 140 valence electrons. The maximum Gasteiger partial charge on any atom is 0.251 e. The van der Waals surface area contributed by atoms with Crippen molar-refractivity contribution in [3.05, 3.63) is 59.4 Å². The molecule has 0 aliphatic heterocycles. The molecule has 0 saturated carbocycles. The summed E-state index contributed by atoms with van der Waals surface area (Å²) in [6.45, 7) is 1.91. The van der Waals surface area contributed by atoms with Crippen molar-refractivity contribution in [1.29, 1.82) is 0 Å². The van der Waals surface area contributed by atoms with Crippen LogP contribution in [0.4, 0.5) is 10.1 Å². The SMILES string of the molecule is COc1ccc(C)cc1N(CCNC(=O)c1cccc(F)c1)S(C)(=O)=O. The van der Waals surface area contributed by atoms with Gasteiger partial charge in [0.05, 0.1) is 25.6 Å². The minimum atomic E-state index is -3.59. The van der Waals surface area contributed by atoms with E-state index in [0.717, 1.165) is 17.9 Å². The average molecular weight is 380 g/mol. The Hall–Kier alpha value is -2.61. The second-order valence-corrected chi connectivity index (χ2v) is 7.68. The topological polar surface area (TPSA) is 75.7 Å². The zero-order valence-corrected chi connectivity index (χ0v) is 15.6. The molecule has 0 aliphatic rings. The lowest BCUT2D eigenvalue weighted by Crippen LogP contribution is -2.38. The number of rotatable bonds is 7. The van der Waals surface area contributed by atoms with Gasteiger partial charge in [-0.15, -0.1) is 0 Å². The number of nitrogens with one attached hydrogen (secondary N) is 1. The van der Waals surface area contributed by atoms with Gasteiger partial charge < -0.3 is 10.1 Å². The van der Waals surface area contributed by atoms with Crippen LogP contribution in [0.15, 0.2) is 42.5 Å². The Morgan fingerprint density at radius 2 is 1.96 bits per heavy atom. The first-order valence-corrected chi connectivity index (χ1v) is 9.73. The number of nitrogens with zero attached hydrogens (tertiary/aromatic N) is 1. The molecule has 0 aliphatic carbocycles. The van der Waals surface area contributed by atoms with Crippen molar-refractivity contribution in [2.45, 2.75) is 6.92 Å². The number of carbonyl (C=O) groups is 1. The fraction of sp³-hybridized carbons (Fsp3) is 0.278. The minimum Gasteiger partial charge on any atom is -0.495 e. The lowest BCUT2D eigenvalue weighted by Gasteiger charge is -2.24. The largest absolute Gasteiger partial charge is 0.495 e. The maximum absolute atomic E-state index is 13.2. The first-order chi connectivity index (χ1) is 12.2. The van der Waals surface area contributed by atoms with Crippen molar-refractivity contribution < 1.29 is 22.3 Å². The summed E-state index contributed by atoms with van der Waals surface area (Å²) in [4.78, 5) is 12.1. The van der Waals surface area contributed by atoms with Crippen LogP contribution in [-0.2, 0) is 10.0 Å². The maximum atomic E-state index is 13.2. The highest BCUT2D eigenvalue weighted by molar-refractivity contribution is 7.92. The molecule has 26 heavy (non-hydrogen) atoms. The summed E-state index contributed by atoms with van der Waals surface area (Å²) in [5.41, 5.74) is 1.44. The third kappa shape index (κ3) is 4.95. The van der Waals surface area contributed by atoms with Gasteiger partial charge in [-0.3, -0.25) is 9.10 Å². The van der Waals surface area contributed by atoms with E-state index in [9.17, 15) is 17.6 Å². The van der Waals surface area contributed by atoms with E-state index in [0.29, 0.717) is 11.4 Å². The molecule has 0 saturated heterocycles. The number of hydrogen-bond donors (Lipinski definition) is 1. The number of aryl methyl sites for hydroxylation is 1. The number of ether oxygens (including phenoxy) is 1. The summed E-state index contributed by atoms with van der Waals surface area (Å²) in [6.07, 6.45) is 1.09. The third-order valence-electron chi connectivity index (χ3n) is 3.69. The normalized spacial score (nSPS) is 11.1. The molecule has 0 spiro atoms. The molecule has 1 amide bonds. The number of methoxy groups -OCH3 is 1. The van der Waals surface area contributed by atoms with E-state index in [1.165, 1.54) is 29.6 Å². The van der Waals surface area contributed by atoms with Gasteiger partial charge in [0.15, 0.2) is 0 Å². The van der Waals surface area contributed by atoms with Crippen LogP contribution < -0.4 is 14.4 Å². The lowest BCUT2D eigenvalue weighted by molar-refractivity contribution is 0.0954. The fourth-order valence-electron chi connectivity index (χ4n) is 2.46. The Bertz CT molecular complexity index is 900. The monoisotopic (exact) mass is 380 g/mol. The van der Waals surface area contributed by atoms with E-state index in [1.807, 2.05) is 13.0 Å². The van der Waals surface area contributed by atoms with Gasteiger partial charge in [0.2, 0.25) is 10.0 Å². The average Bonchev–Trinajstić information content (AvgIpc) is 2.57. The standard InChI is InChI=1S/C18H21FN2O4S/c1-13-7-8-17(25-2)16(11-13)21(26(3,23)24)10-9-20-18(22)14-5-4-6-15(19)12-14/h4-8,11-12H,9-10H2,1-3H3,(H,20,22). The third-order valence-corrected chi connectivity index (χ3v) is 4.87. The molecule has 0 fully saturated rings. The molecule has 0 aromatic heterocycles. The lowest BCUT2D eigenvalue weighted by atomic mass is 10.2. The van der Waals surface area contributed by atoms with Crippen LogP contribution in [0.2, 0.25) is 0 Å². The number of carbonyl (C=O) groups excluding carboxylic acids is 1. The second-order valence-electron chi connectivity index (χ2n) is 5.78. The number of halogens is 1. The highest BCUT2D eigenvalue weighted by atomic mass is 32.2. The van der Waals surface area contributed by atoms with Crippen molar-refractivity contribution in [2.75, 3.05) is 30.8 Å². The van der Waals surface area contributed by atoms with Crippen LogP contribution in [-0.4, -0.2) is 40.8 Å². The van der Waals surface area contributed by atoms with Crippen molar-refractivity contribution in [3.8, 4) is 5.75 Å². The summed E-state index contributed by atoms with van der Waals surface area (Å²) in [6, 6.07) is 10.5. The molecule has 6 nitrogen and oxygen atoms in total. The smallest absolute Gasteiger partial charge is 0.251 e. The van der Waals surface area contributed by atoms with Gasteiger partial charge in [0.1, 0.15) is 11.6 Å². The number of amides is 1. The molecule has 1 N–H and O–H groups in total. The van der Waals surface area contributed by atoms with Gasteiger partial charge in [-0.1, -0.05) is 12.1 Å². The highest BCUT2D eigenvalue weighted by Crippen LogP contribution is 2.30. The van der Waals surface area contributed by atoms with Gasteiger partial charge >= 0.3 is 0 Å². The van der Waals surface area contributed by atoms with Gasteiger partial charge in [-0.05, 0) is 42.8 Å². The predicted molar refractivity (Wildman–Crippen MR) is 98.7 cm³/mol. The van der Waals surface area contributed by atoms with Gasteiger partial charge in [-0.2, -0.15) is 0 Å². The summed E-state index contributed by atoms with van der Waals surface area (Å²) < 4.78 is 44.0. The Morgan fingerprint density at radius 3 is 2.58 bits per heavy atom. The molecule has 2 aromatic rings. The van der Waals surface area contributed by atoms with E-state index < -0.39 is 21.7 Å². The molecule has 0 atom stereocenters. The van der Waals surface area contributed by atoms with Gasteiger partial charge in [0.25, 0.3) is 5.91 Å². The molecular formula is C18H21FN2O4S. The van der Waals surface area contributed by atoms with E-state index in [1.54, 1.807) is 12.1 Å². The van der Waals surface area contributed by atoms with E-state index >= 15 is 0 Å². The Morgan fingerprint density at radius 1 is 1.23 bits per heavy atom. The number of benzene rings is 2. The zero-order valence-electron chi connectivity index (χ0n) is 14.8. The number of hydrogen-bond acceptors (Lipinski definition) is 4. The van der Waals surface area contributed by atoms with Gasteiger partial charge in [0, 0.05) is 12.1 Å². The van der Waals surface area contributed by atoms with Crippen LogP contribution in [0.5, 0.6) is 5.75 Å². The van der Waals surface area contributed by atoms with Crippen molar-refractivity contribution in [1.82, 2.24) is 5.32 Å². The van der Waals surface area contributed by atoms with E-state index in [4.69, 9.17) is 4.74 Å². The first-order valence-electron chi connectivity index (χ1n) is 7.88. The number of anilines is 1. The fourth-order valence-corrected chi connectivity index (χ4v) is 3.39.